The van der Waals surface area contributed by atoms with E-state index >= 15 is 0 Å². The summed E-state index contributed by atoms with van der Waals surface area (Å²) in [4.78, 5) is 22.8. The molecule has 1 aromatic carbocycles. The van der Waals surface area contributed by atoms with Crippen molar-refractivity contribution in [3.8, 4) is 0 Å². The van der Waals surface area contributed by atoms with Gasteiger partial charge in [0.2, 0.25) is 0 Å². The lowest BCUT2D eigenvalue weighted by molar-refractivity contribution is -0.136. The molecule has 3 N–H and O–H groups in total. The molecular weight excluding hydrogens is 268 g/mol. The van der Waals surface area contributed by atoms with Crippen LogP contribution < -0.4 is 10.6 Å². The van der Waals surface area contributed by atoms with E-state index in [1.165, 1.54) is 19.3 Å². The maximum Gasteiger partial charge on any atom is 0.319 e. The number of aliphatic carboxylic acids is 1. The second-order valence-corrected chi connectivity index (χ2v) is 5.74. The van der Waals surface area contributed by atoms with Crippen LogP contribution in [-0.2, 0) is 11.2 Å². The first kappa shape index (κ1) is 15.4. The Labute approximate surface area is 124 Å². The lowest BCUT2D eigenvalue weighted by atomic mass is 9.67. The molecular formula is C16H22N2O3. The van der Waals surface area contributed by atoms with Crippen molar-refractivity contribution in [2.75, 3.05) is 11.9 Å². The molecule has 21 heavy (non-hydrogen) atoms. The topological polar surface area (TPSA) is 78.4 Å². The number of rotatable bonds is 6. The van der Waals surface area contributed by atoms with Gasteiger partial charge in [-0.15, -0.1) is 0 Å². The van der Waals surface area contributed by atoms with E-state index in [9.17, 15) is 9.59 Å². The van der Waals surface area contributed by atoms with Gasteiger partial charge in [-0.25, -0.2) is 4.79 Å². The van der Waals surface area contributed by atoms with Crippen molar-refractivity contribution in [3.05, 3.63) is 29.8 Å². The molecule has 0 atom stereocenters. The van der Waals surface area contributed by atoms with Crippen LogP contribution in [0.2, 0.25) is 0 Å². The Morgan fingerprint density at radius 2 is 2.00 bits per heavy atom. The average molecular weight is 290 g/mol. The van der Waals surface area contributed by atoms with Crippen molar-refractivity contribution in [2.24, 2.45) is 5.41 Å². The van der Waals surface area contributed by atoms with E-state index in [0.29, 0.717) is 17.8 Å². The van der Waals surface area contributed by atoms with E-state index in [2.05, 4.69) is 17.6 Å². The number of hydrogen-bond donors (Lipinski definition) is 3. The zero-order valence-electron chi connectivity index (χ0n) is 12.3. The summed E-state index contributed by atoms with van der Waals surface area (Å²) in [6.45, 7) is 2.83. The minimum atomic E-state index is -0.913. The fourth-order valence-electron chi connectivity index (χ4n) is 2.73. The average Bonchev–Trinajstić information content (AvgIpc) is 2.40. The summed E-state index contributed by atoms with van der Waals surface area (Å²) in [7, 11) is 0. The van der Waals surface area contributed by atoms with Gasteiger partial charge in [-0.2, -0.15) is 0 Å². The van der Waals surface area contributed by atoms with Gasteiger partial charge < -0.3 is 15.7 Å². The van der Waals surface area contributed by atoms with Gasteiger partial charge in [0.1, 0.15) is 0 Å². The first-order valence-electron chi connectivity index (χ1n) is 7.39. The third-order valence-electron chi connectivity index (χ3n) is 4.40. The molecule has 2 amide bonds. The molecule has 0 aliphatic heterocycles. The largest absolute Gasteiger partial charge is 0.481 e. The zero-order chi connectivity index (χ0) is 15.3. The highest BCUT2D eigenvalue weighted by molar-refractivity contribution is 5.90. The van der Waals surface area contributed by atoms with Gasteiger partial charge in [0, 0.05) is 12.2 Å². The summed E-state index contributed by atoms with van der Waals surface area (Å²) >= 11 is 0. The van der Waals surface area contributed by atoms with Crippen molar-refractivity contribution in [3.63, 3.8) is 0 Å². The van der Waals surface area contributed by atoms with E-state index < -0.39 is 5.97 Å². The van der Waals surface area contributed by atoms with Gasteiger partial charge in [0.15, 0.2) is 0 Å². The van der Waals surface area contributed by atoms with Crippen LogP contribution in [0, 0.1) is 5.41 Å². The minimum absolute atomic E-state index is 0.102. The number of carboxylic acids is 1. The number of amides is 2. The predicted molar refractivity (Wildman–Crippen MR) is 81.4 cm³/mol. The Morgan fingerprint density at radius 3 is 2.57 bits per heavy atom. The first-order valence-corrected chi connectivity index (χ1v) is 7.39. The molecule has 0 unspecified atom stereocenters. The number of carbonyl (C=O) groups is 2. The van der Waals surface area contributed by atoms with Crippen LogP contribution in [0.15, 0.2) is 24.3 Å². The van der Waals surface area contributed by atoms with Crippen LogP contribution in [0.1, 0.15) is 38.2 Å². The quantitative estimate of drug-likeness (QED) is 0.753. The summed E-state index contributed by atoms with van der Waals surface area (Å²) in [6.07, 6.45) is 4.54. The molecule has 0 saturated heterocycles. The second-order valence-electron chi connectivity index (χ2n) is 5.74. The number of carboxylic acid groups (broad SMARTS) is 1. The van der Waals surface area contributed by atoms with Crippen molar-refractivity contribution in [2.45, 2.75) is 39.0 Å². The molecule has 5 heteroatoms. The van der Waals surface area contributed by atoms with Crippen LogP contribution in [0.5, 0.6) is 0 Å². The van der Waals surface area contributed by atoms with Crippen molar-refractivity contribution in [1.82, 2.24) is 5.32 Å². The van der Waals surface area contributed by atoms with Crippen LogP contribution in [0.3, 0.4) is 0 Å². The van der Waals surface area contributed by atoms with Gasteiger partial charge in [-0.3, -0.25) is 4.79 Å². The summed E-state index contributed by atoms with van der Waals surface area (Å²) < 4.78 is 0. The van der Waals surface area contributed by atoms with Gasteiger partial charge >= 0.3 is 12.0 Å². The molecule has 5 nitrogen and oxygen atoms in total. The molecule has 1 fully saturated rings. The Morgan fingerprint density at radius 1 is 1.29 bits per heavy atom. The highest BCUT2D eigenvalue weighted by Crippen LogP contribution is 2.43. The molecule has 0 radical (unpaired) electrons. The number of para-hydroxylation sites is 1. The molecule has 1 aliphatic carbocycles. The van der Waals surface area contributed by atoms with Crippen molar-refractivity contribution in [1.29, 1.82) is 0 Å². The lowest BCUT2D eigenvalue weighted by Gasteiger charge is -2.41. The summed E-state index contributed by atoms with van der Waals surface area (Å²) in [6, 6.07) is 6.70. The Bertz CT molecular complexity index is 518. The summed E-state index contributed by atoms with van der Waals surface area (Å²) in [5.74, 6) is -0.913. The van der Waals surface area contributed by atoms with Gasteiger partial charge in [-0.05, 0) is 36.3 Å². The number of carbonyl (C=O) groups excluding carboxylic acids is 1. The van der Waals surface area contributed by atoms with Gasteiger partial charge in [-0.1, -0.05) is 31.5 Å². The van der Waals surface area contributed by atoms with Gasteiger partial charge in [0.05, 0.1) is 6.42 Å². The van der Waals surface area contributed by atoms with E-state index in [0.717, 1.165) is 6.42 Å². The van der Waals surface area contributed by atoms with E-state index in [4.69, 9.17) is 5.11 Å². The van der Waals surface area contributed by atoms with E-state index in [-0.39, 0.29) is 17.9 Å². The number of anilines is 1. The van der Waals surface area contributed by atoms with Crippen molar-refractivity contribution < 1.29 is 14.7 Å². The fourth-order valence-corrected chi connectivity index (χ4v) is 2.73. The molecule has 0 aromatic heterocycles. The fraction of sp³-hybridized carbons (Fsp3) is 0.500. The molecule has 1 aromatic rings. The standard InChI is InChI=1S/C16H22N2O3/c1-2-16(8-5-9-16)11-17-15(21)18-13-7-4-3-6-12(13)10-14(19)20/h3-4,6-7H,2,5,8-11H2,1H3,(H,19,20)(H2,17,18,21). The molecule has 114 valence electrons. The smallest absolute Gasteiger partial charge is 0.319 e. The monoisotopic (exact) mass is 290 g/mol. The number of benzene rings is 1. The molecule has 1 saturated carbocycles. The third kappa shape index (κ3) is 3.97. The highest BCUT2D eigenvalue weighted by atomic mass is 16.4. The summed E-state index contributed by atoms with van der Waals surface area (Å²) in [5.41, 5.74) is 1.42. The predicted octanol–water partition coefficient (Wildman–Crippen LogP) is 3.02. The number of hydrogen-bond acceptors (Lipinski definition) is 2. The van der Waals surface area contributed by atoms with Crippen molar-refractivity contribution >= 4 is 17.7 Å². The molecule has 1 aliphatic rings. The van der Waals surface area contributed by atoms with Gasteiger partial charge in [0.25, 0.3) is 0 Å². The van der Waals surface area contributed by atoms with E-state index in [1.54, 1.807) is 24.3 Å². The highest BCUT2D eigenvalue weighted by Gasteiger charge is 2.35. The van der Waals surface area contributed by atoms with E-state index in [1.807, 2.05) is 0 Å². The van der Waals surface area contributed by atoms with Crippen LogP contribution in [0.25, 0.3) is 0 Å². The Hall–Kier alpha value is -2.04. The molecule has 0 bridgehead atoms. The Kier molecular flexibility index (Phi) is 4.83. The van der Waals surface area contributed by atoms with Crippen LogP contribution >= 0.6 is 0 Å². The van der Waals surface area contributed by atoms with Crippen LogP contribution in [-0.4, -0.2) is 23.7 Å². The number of urea groups is 1. The second kappa shape index (κ2) is 6.61. The summed E-state index contributed by atoms with van der Waals surface area (Å²) in [5, 5.41) is 14.5. The maximum atomic E-state index is 12.0. The molecule has 0 spiro atoms. The minimum Gasteiger partial charge on any atom is -0.481 e. The normalized spacial score (nSPS) is 15.9. The molecule has 2 rings (SSSR count). The first-order chi connectivity index (χ1) is 10.0. The van der Waals surface area contributed by atoms with Crippen LogP contribution in [0.4, 0.5) is 10.5 Å². The lowest BCUT2D eigenvalue weighted by Crippen LogP contribution is -2.43. The zero-order valence-corrected chi connectivity index (χ0v) is 12.3. The molecule has 0 heterocycles. The SMILES string of the molecule is CCC1(CNC(=O)Nc2ccccc2CC(=O)O)CCC1. The number of nitrogens with one attached hydrogen (secondary N) is 2. The third-order valence-corrected chi connectivity index (χ3v) is 4.40. The Balaban J connectivity index is 1.92. The maximum absolute atomic E-state index is 12.0.